The molecule has 0 bridgehead atoms. The molecule has 5 nitrogen and oxygen atoms in total. The first-order valence-electron chi connectivity index (χ1n) is 14.8. The van der Waals surface area contributed by atoms with Gasteiger partial charge in [0.15, 0.2) is 11.6 Å². The number of benzene rings is 5. The van der Waals surface area contributed by atoms with E-state index in [4.69, 9.17) is 23.8 Å². The van der Waals surface area contributed by atoms with Crippen molar-refractivity contribution in [1.29, 1.82) is 0 Å². The van der Waals surface area contributed by atoms with E-state index in [1.807, 2.05) is 60.7 Å². The molecule has 9 rings (SSSR count). The molecule has 0 amide bonds. The molecule has 0 aliphatic heterocycles. The van der Waals surface area contributed by atoms with Crippen molar-refractivity contribution in [1.82, 2.24) is 15.0 Å². The Kier molecular flexibility index (Phi) is 5.56. The lowest BCUT2D eigenvalue weighted by Crippen LogP contribution is -2.07. The largest absolute Gasteiger partial charge is 0.456 e. The number of nitrogens with zero attached hydrogens (tertiary/aromatic N) is 3. The molecule has 1 atom stereocenters. The molecule has 0 spiro atoms. The van der Waals surface area contributed by atoms with Crippen molar-refractivity contribution in [2.45, 2.75) is 12.3 Å². The molecular weight excluding hydrogens is 542 g/mol. The highest BCUT2D eigenvalue weighted by atomic mass is 16.3. The SMILES string of the molecule is C1=CCC(c2nc(-c3ccccc3)nc(-c3cccc4oc5c(-c6ccc7c(c6)oc6ccccc67)cccc5c34)n2)C=C1. The molecule has 0 saturated carbocycles. The summed E-state index contributed by atoms with van der Waals surface area (Å²) in [7, 11) is 0. The Balaban J connectivity index is 1.24. The van der Waals surface area contributed by atoms with Crippen LogP contribution in [0.15, 0.2) is 142 Å². The summed E-state index contributed by atoms with van der Waals surface area (Å²) < 4.78 is 12.8. The summed E-state index contributed by atoms with van der Waals surface area (Å²) in [6.45, 7) is 0. The van der Waals surface area contributed by atoms with Crippen LogP contribution in [0, 0.1) is 0 Å². The van der Waals surface area contributed by atoms with Crippen molar-refractivity contribution in [3.8, 4) is 33.9 Å². The smallest absolute Gasteiger partial charge is 0.164 e. The number of para-hydroxylation sites is 2. The molecule has 0 saturated heterocycles. The molecule has 1 aliphatic rings. The average molecular weight is 568 g/mol. The summed E-state index contributed by atoms with van der Waals surface area (Å²) in [6.07, 6.45) is 9.30. The monoisotopic (exact) mass is 567 g/mol. The van der Waals surface area contributed by atoms with E-state index < -0.39 is 0 Å². The maximum atomic E-state index is 6.61. The zero-order valence-electron chi connectivity index (χ0n) is 23.6. The van der Waals surface area contributed by atoms with Crippen LogP contribution >= 0.6 is 0 Å². The molecule has 1 aliphatic carbocycles. The number of rotatable bonds is 4. The van der Waals surface area contributed by atoms with Crippen LogP contribution in [-0.4, -0.2) is 15.0 Å². The standard InChI is InChI=1S/C39H25N3O2/c1-3-11-24(12-4-1)37-40-38(25-13-5-2-6-14-25)42-39(41-37)31-18-10-20-33-35(31)30-17-9-16-27(36(30)44-33)26-21-22-29-28-15-7-8-19-32(28)43-34(29)23-26/h1-13,15-23,25H,14H2. The number of aromatic nitrogens is 3. The van der Waals surface area contributed by atoms with E-state index in [9.17, 15) is 0 Å². The van der Waals surface area contributed by atoms with Gasteiger partial charge in [0.1, 0.15) is 28.2 Å². The third-order valence-electron chi connectivity index (χ3n) is 8.45. The lowest BCUT2D eigenvalue weighted by Gasteiger charge is -2.14. The number of fused-ring (bicyclic) bond motifs is 6. The number of hydrogen-bond acceptors (Lipinski definition) is 5. The van der Waals surface area contributed by atoms with E-state index in [-0.39, 0.29) is 5.92 Å². The summed E-state index contributed by atoms with van der Waals surface area (Å²) in [6, 6.07) is 37.0. The van der Waals surface area contributed by atoms with E-state index in [1.165, 1.54) is 0 Å². The van der Waals surface area contributed by atoms with Crippen LogP contribution in [0.25, 0.3) is 77.8 Å². The van der Waals surface area contributed by atoms with Gasteiger partial charge < -0.3 is 8.83 Å². The molecule has 5 aromatic carbocycles. The molecule has 5 heteroatoms. The summed E-state index contributed by atoms with van der Waals surface area (Å²) in [5.41, 5.74) is 7.28. The Morgan fingerprint density at radius 1 is 0.545 bits per heavy atom. The Hall–Kier alpha value is -5.81. The molecule has 8 aromatic rings. The normalized spacial score (nSPS) is 14.8. The lowest BCUT2D eigenvalue weighted by molar-refractivity contribution is 0.668. The van der Waals surface area contributed by atoms with Gasteiger partial charge in [0.2, 0.25) is 0 Å². The fraction of sp³-hybridized carbons (Fsp3) is 0.0513. The maximum absolute atomic E-state index is 6.61. The average Bonchev–Trinajstić information content (AvgIpc) is 3.67. The van der Waals surface area contributed by atoms with Gasteiger partial charge in [-0.25, -0.2) is 15.0 Å². The van der Waals surface area contributed by atoms with Gasteiger partial charge in [-0.3, -0.25) is 0 Å². The minimum Gasteiger partial charge on any atom is -0.456 e. The van der Waals surface area contributed by atoms with Crippen molar-refractivity contribution in [2.75, 3.05) is 0 Å². The van der Waals surface area contributed by atoms with E-state index >= 15 is 0 Å². The van der Waals surface area contributed by atoms with Crippen molar-refractivity contribution < 1.29 is 8.83 Å². The van der Waals surface area contributed by atoms with Crippen LogP contribution in [0.3, 0.4) is 0 Å². The van der Waals surface area contributed by atoms with Gasteiger partial charge in [0.25, 0.3) is 0 Å². The first kappa shape index (κ1) is 24.8. The van der Waals surface area contributed by atoms with E-state index in [0.29, 0.717) is 11.6 Å². The lowest BCUT2D eigenvalue weighted by atomic mass is 9.98. The molecule has 0 fully saturated rings. The topological polar surface area (TPSA) is 65.0 Å². The second-order valence-corrected chi connectivity index (χ2v) is 11.1. The molecule has 208 valence electrons. The Morgan fingerprint density at radius 3 is 2.23 bits per heavy atom. The summed E-state index contributed by atoms with van der Waals surface area (Å²) in [5.74, 6) is 2.15. The Morgan fingerprint density at radius 2 is 1.32 bits per heavy atom. The van der Waals surface area contributed by atoms with E-state index in [2.05, 4.69) is 72.8 Å². The van der Waals surface area contributed by atoms with Crippen LogP contribution in [0.5, 0.6) is 0 Å². The van der Waals surface area contributed by atoms with Gasteiger partial charge in [-0.05, 0) is 36.2 Å². The van der Waals surface area contributed by atoms with Crippen LogP contribution in [0.1, 0.15) is 18.2 Å². The second-order valence-electron chi connectivity index (χ2n) is 11.1. The molecule has 1 unspecified atom stereocenters. The van der Waals surface area contributed by atoms with Crippen molar-refractivity contribution in [2.24, 2.45) is 0 Å². The number of allylic oxidation sites excluding steroid dienone is 4. The van der Waals surface area contributed by atoms with Crippen molar-refractivity contribution >= 4 is 43.9 Å². The highest BCUT2D eigenvalue weighted by Crippen LogP contribution is 2.41. The van der Waals surface area contributed by atoms with E-state index in [1.54, 1.807) is 0 Å². The molecule has 0 N–H and O–H groups in total. The zero-order valence-corrected chi connectivity index (χ0v) is 23.6. The molecule has 3 heterocycles. The fourth-order valence-electron chi connectivity index (χ4n) is 6.32. The molecule has 3 aromatic heterocycles. The quantitative estimate of drug-likeness (QED) is 0.212. The number of furan rings is 2. The summed E-state index contributed by atoms with van der Waals surface area (Å²) in [5, 5.41) is 4.23. The second kappa shape index (κ2) is 9.89. The van der Waals surface area contributed by atoms with Crippen LogP contribution in [0.4, 0.5) is 0 Å². The van der Waals surface area contributed by atoms with Gasteiger partial charge >= 0.3 is 0 Å². The van der Waals surface area contributed by atoms with Gasteiger partial charge in [-0.1, -0.05) is 109 Å². The summed E-state index contributed by atoms with van der Waals surface area (Å²) >= 11 is 0. The third-order valence-corrected chi connectivity index (χ3v) is 8.45. The van der Waals surface area contributed by atoms with Gasteiger partial charge in [0.05, 0.1) is 0 Å². The molecular formula is C39H25N3O2. The van der Waals surface area contributed by atoms with Gasteiger partial charge in [0, 0.05) is 44.2 Å². The predicted octanol–water partition coefficient (Wildman–Crippen LogP) is 10.3. The first-order valence-corrected chi connectivity index (χ1v) is 14.8. The van der Waals surface area contributed by atoms with Gasteiger partial charge in [-0.15, -0.1) is 0 Å². The van der Waals surface area contributed by atoms with Crippen molar-refractivity contribution in [3.05, 3.63) is 139 Å². The maximum Gasteiger partial charge on any atom is 0.164 e. The zero-order chi connectivity index (χ0) is 29.0. The van der Waals surface area contributed by atoms with Crippen LogP contribution in [-0.2, 0) is 0 Å². The highest BCUT2D eigenvalue weighted by molar-refractivity contribution is 6.15. The van der Waals surface area contributed by atoms with Crippen LogP contribution in [0.2, 0.25) is 0 Å². The van der Waals surface area contributed by atoms with Gasteiger partial charge in [-0.2, -0.15) is 0 Å². The third kappa shape index (κ3) is 3.97. The first-order chi connectivity index (χ1) is 21.8. The molecule has 0 radical (unpaired) electrons. The highest BCUT2D eigenvalue weighted by Gasteiger charge is 2.21. The fourth-order valence-corrected chi connectivity index (χ4v) is 6.32. The molecule has 44 heavy (non-hydrogen) atoms. The minimum atomic E-state index is 0.0873. The minimum absolute atomic E-state index is 0.0873. The Labute approximate surface area is 252 Å². The number of hydrogen-bond donors (Lipinski definition) is 0. The van der Waals surface area contributed by atoms with E-state index in [0.717, 1.165) is 78.4 Å². The summed E-state index contributed by atoms with van der Waals surface area (Å²) in [4.78, 5) is 15.0. The predicted molar refractivity (Wildman–Crippen MR) is 176 cm³/mol. The Bertz CT molecular complexity index is 2430. The van der Waals surface area contributed by atoms with Crippen LogP contribution < -0.4 is 0 Å². The van der Waals surface area contributed by atoms with Crippen molar-refractivity contribution in [3.63, 3.8) is 0 Å².